The Kier molecular flexibility index (Phi) is 3.46. The molecule has 1 N–H and O–H groups in total. The van der Waals surface area contributed by atoms with Crippen molar-refractivity contribution in [2.24, 2.45) is 0 Å². The smallest absolute Gasteiger partial charge is 0.341 e. The number of carboxylic acid groups (broad SMARTS) is 1. The summed E-state index contributed by atoms with van der Waals surface area (Å²) in [6.45, 7) is 0. The molecular formula is C16H10ClNO3. The zero-order valence-electron chi connectivity index (χ0n) is 10.8. The Morgan fingerprint density at radius 1 is 1.05 bits per heavy atom. The van der Waals surface area contributed by atoms with Crippen molar-refractivity contribution in [1.82, 2.24) is 4.98 Å². The van der Waals surface area contributed by atoms with Crippen LogP contribution >= 0.6 is 11.6 Å². The maximum atomic E-state index is 11.2. The molecule has 0 fully saturated rings. The van der Waals surface area contributed by atoms with E-state index in [4.69, 9.17) is 21.4 Å². The minimum absolute atomic E-state index is 0.0229. The van der Waals surface area contributed by atoms with Gasteiger partial charge in [-0.1, -0.05) is 41.9 Å². The number of hydrogen-bond donors (Lipinski definition) is 1. The summed E-state index contributed by atoms with van der Waals surface area (Å²) in [5, 5.41) is 11.4. The molecular weight excluding hydrogens is 290 g/mol. The summed E-state index contributed by atoms with van der Waals surface area (Å²) in [4.78, 5) is 15.1. The number of pyridine rings is 1. The monoisotopic (exact) mass is 299 g/mol. The Hall–Kier alpha value is -2.59. The standard InChI is InChI=1S/C16H10ClNO3/c17-14-8-7-13(16(19)20)15(18-14)21-12-6-5-10-3-1-2-4-11(10)9-12/h1-9H,(H,19,20). The van der Waals surface area contributed by atoms with Gasteiger partial charge >= 0.3 is 5.97 Å². The minimum atomic E-state index is -1.12. The van der Waals surface area contributed by atoms with E-state index in [1.165, 1.54) is 12.1 Å². The molecule has 2 aromatic carbocycles. The Bertz CT molecular complexity index is 833. The van der Waals surface area contributed by atoms with Crippen LogP contribution in [0.15, 0.2) is 54.6 Å². The molecule has 0 amide bonds. The molecule has 0 spiro atoms. The molecule has 1 aromatic heterocycles. The summed E-state index contributed by atoms with van der Waals surface area (Å²) < 4.78 is 5.58. The van der Waals surface area contributed by atoms with Crippen molar-refractivity contribution in [3.63, 3.8) is 0 Å². The number of ether oxygens (including phenoxy) is 1. The van der Waals surface area contributed by atoms with Crippen LogP contribution in [-0.4, -0.2) is 16.1 Å². The van der Waals surface area contributed by atoms with Crippen LogP contribution in [0.4, 0.5) is 0 Å². The molecule has 5 heteroatoms. The van der Waals surface area contributed by atoms with Crippen LogP contribution < -0.4 is 4.74 Å². The van der Waals surface area contributed by atoms with Crippen LogP contribution in [0.5, 0.6) is 11.6 Å². The van der Waals surface area contributed by atoms with Gasteiger partial charge in [0, 0.05) is 0 Å². The normalized spacial score (nSPS) is 10.5. The van der Waals surface area contributed by atoms with E-state index < -0.39 is 5.97 Å². The Morgan fingerprint density at radius 3 is 2.57 bits per heavy atom. The Morgan fingerprint density at radius 2 is 1.81 bits per heavy atom. The summed E-state index contributed by atoms with van der Waals surface area (Å²) >= 11 is 5.80. The van der Waals surface area contributed by atoms with Gasteiger partial charge < -0.3 is 9.84 Å². The molecule has 3 aromatic rings. The van der Waals surface area contributed by atoms with E-state index in [0.717, 1.165) is 10.8 Å². The van der Waals surface area contributed by atoms with Crippen molar-refractivity contribution in [1.29, 1.82) is 0 Å². The second-order valence-corrected chi connectivity index (χ2v) is 4.79. The van der Waals surface area contributed by atoms with Crippen LogP contribution in [0.3, 0.4) is 0 Å². The van der Waals surface area contributed by atoms with Crippen molar-refractivity contribution in [2.45, 2.75) is 0 Å². The second kappa shape index (κ2) is 5.42. The number of carboxylic acids is 1. The Labute approximate surface area is 125 Å². The van der Waals surface area contributed by atoms with E-state index in [1.54, 1.807) is 6.07 Å². The van der Waals surface area contributed by atoms with E-state index in [9.17, 15) is 4.79 Å². The summed E-state index contributed by atoms with van der Waals surface area (Å²) in [5.74, 6) is -0.633. The number of fused-ring (bicyclic) bond motifs is 1. The van der Waals surface area contributed by atoms with Crippen molar-refractivity contribution in [3.05, 3.63) is 65.3 Å². The SMILES string of the molecule is O=C(O)c1ccc(Cl)nc1Oc1ccc2ccccc2c1. The number of aromatic nitrogens is 1. The molecule has 0 unspecified atom stereocenters. The Balaban J connectivity index is 2.02. The zero-order valence-corrected chi connectivity index (χ0v) is 11.5. The lowest BCUT2D eigenvalue weighted by atomic mass is 10.1. The average molecular weight is 300 g/mol. The summed E-state index contributed by atoms with van der Waals surface area (Å²) in [5.41, 5.74) is -0.0347. The molecule has 104 valence electrons. The van der Waals surface area contributed by atoms with Crippen LogP contribution in [0.25, 0.3) is 10.8 Å². The predicted molar refractivity (Wildman–Crippen MR) is 80.2 cm³/mol. The number of benzene rings is 2. The zero-order chi connectivity index (χ0) is 14.8. The maximum Gasteiger partial charge on any atom is 0.341 e. The van der Waals surface area contributed by atoms with Crippen molar-refractivity contribution >= 4 is 28.3 Å². The van der Waals surface area contributed by atoms with Crippen molar-refractivity contribution in [2.75, 3.05) is 0 Å². The van der Waals surface area contributed by atoms with Gasteiger partial charge in [0.1, 0.15) is 16.5 Å². The topological polar surface area (TPSA) is 59.4 Å². The van der Waals surface area contributed by atoms with Gasteiger partial charge in [0.25, 0.3) is 0 Å². The fourth-order valence-corrected chi connectivity index (χ4v) is 2.14. The molecule has 0 radical (unpaired) electrons. The number of rotatable bonds is 3. The molecule has 3 rings (SSSR count). The molecule has 4 nitrogen and oxygen atoms in total. The van der Waals surface area contributed by atoms with E-state index in [1.807, 2.05) is 36.4 Å². The first-order valence-electron chi connectivity index (χ1n) is 6.20. The number of nitrogens with zero attached hydrogens (tertiary/aromatic N) is 1. The highest BCUT2D eigenvalue weighted by Gasteiger charge is 2.14. The van der Waals surface area contributed by atoms with Crippen LogP contribution in [0.2, 0.25) is 5.15 Å². The third-order valence-electron chi connectivity index (χ3n) is 2.99. The largest absolute Gasteiger partial charge is 0.477 e. The van der Waals surface area contributed by atoms with E-state index in [-0.39, 0.29) is 16.6 Å². The van der Waals surface area contributed by atoms with E-state index in [0.29, 0.717) is 5.75 Å². The minimum Gasteiger partial charge on any atom is -0.477 e. The van der Waals surface area contributed by atoms with Gasteiger partial charge in [0.15, 0.2) is 0 Å². The molecule has 0 aliphatic carbocycles. The highest BCUT2D eigenvalue weighted by Crippen LogP contribution is 2.27. The summed E-state index contributed by atoms with van der Waals surface area (Å²) in [7, 11) is 0. The lowest BCUT2D eigenvalue weighted by molar-refractivity contribution is 0.0693. The lowest BCUT2D eigenvalue weighted by Crippen LogP contribution is -2.02. The first kappa shape index (κ1) is 13.4. The second-order valence-electron chi connectivity index (χ2n) is 4.40. The number of halogens is 1. The first-order valence-corrected chi connectivity index (χ1v) is 6.58. The molecule has 0 atom stereocenters. The van der Waals surface area contributed by atoms with Crippen LogP contribution in [0, 0.1) is 0 Å². The van der Waals surface area contributed by atoms with Crippen molar-refractivity contribution in [3.8, 4) is 11.6 Å². The molecule has 0 saturated heterocycles. The molecule has 1 heterocycles. The lowest BCUT2D eigenvalue weighted by Gasteiger charge is -2.08. The molecule has 0 aliphatic heterocycles. The van der Waals surface area contributed by atoms with Gasteiger partial charge in [-0.2, -0.15) is 0 Å². The first-order chi connectivity index (χ1) is 10.1. The molecule has 21 heavy (non-hydrogen) atoms. The van der Waals surface area contributed by atoms with E-state index in [2.05, 4.69) is 4.98 Å². The van der Waals surface area contributed by atoms with Gasteiger partial charge in [0.05, 0.1) is 0 Å². The fraction of sp³-hybridized carbons (Fsp3) is 0. The van der Waals surface area contributed by atoms with Crippen LogP contribution in [-0.2, 0) is 0 Å². The molecule has 0 aliphatic rings. The molecule has 0 saturated carbocycles. The maximum absolute atomic E-state index is 11.2. The predicted octanol–water partition coefficient (Wildman–Crippen LogP) is 4.38. The highest BCUT2D eigenvalue weighted by atomic mass is 35.5. The number of aromatic carboxylic acids is 1. The number of carbonyl (C=O) groups is 1. The van der Waals surface area contributed by atoms with Crippen molar-refractivity contribution < 1.29 is 14.6 Å². The highest BCUT2D eigenvalue weighted by molar-refractivity contribution is 6.29. The number of hydrogen-bond acceptors (Lipinski definition) is 3. The van der Waals surface area contributed by atoms with Gasteiger partial charge in [-0.05, 0) is 35.0 Å². The molecule has 0 bridgehead atoms. The average Bonchev–Trinajstić information content (AvgIpc) is 2.47. The fourth-order valence-electron chi connectivity index (χ4n) is 2.00. The summed E-state index contributed by atoms with van der Waals surface area (Å²) in [6.07, 6.45) is 0. The third-order valence-corrected chi connectivity index (χ3v) is 3.20. The van der Waals surface area contributed by atoms with E-state index >= 15 is 0 Å². The third kappa shape index (κ3) is 2.80. The van der Waals surface area contributed by atoms with Gasteiger partial charge in [-0.15, -0.1) is 0 Å². The van der Waals surface area contributed by atoms with Gasteiger partial charge in [-0.25, -0.2) is 9.78 Å². The summed E-state index contributed by atoms with van der Waals surface area (Å²) in [6, 6.07) is 16.1. The van der Waals surface area contributed by atoms with Gasteiger partial charge in [0.2, 0.25) is 5.88 Å². The van der Waals surface area contributed by atoms with Crippen LogP contribution in [0.1, 0.15) is 10.4 Å². The quantitative estimate of drug-likeness (QED) is 0.729. The van der Waals surface area contributed by atoms with Gasteiger partial charge in [-0.3, -0.25) is 0 Å².